The summed E-state index contributed by atoms with van der Waals surface area (Å²) in [5.41, 5.74) is 0. The van der Waals surface area contributed by atoms with E-state index in [-0.39, 0.29) is 12.3 Å². The van der Waals surface area contributed by atoms with Gasteiger partial charge < -0.3 is 10.4 Å². The third-order valence-corrected chi connectivity index (χ3v) is 8.34. The normalized spacial score (nSPS) is 14.4. The molecule has 0 aliphatic rings. The van der Waals surface area contributed by atoms with Crippen molar-refractivity contribution in [1.29, 1.82) is 0 Å². The maximum absolute atomic E-state index is 12.4. The van der Waals surface area contributed by atoms with Crippen molar-refractivity contribution in [3.05, 3.63) is 85.1 Å². The molecule has 0 aromatic rings. The highest BCUT2D eigenvalue weighted by atomic mass is 32.2. The van der Waals surface area contributed by atoms with E-state index >= 15 is 0 Å². The summed E-state index contributed by atoms with van der Waals surface area (Å²) in [6.07, 6.45) is 48.6. The summed E-state index contributed by atoms with van der Waals surface area (Å²) in [7, 11) is -4.35. The van der Waals surface area contributed by atoms with Gasteiger partial charge in [-0.3, -0.25) is 9.35 Å². The van der Waals surface area contributed by atoms with Crippen molar-refractivity contribution < 1.29 is 22.9 Å². The molecule has 0 aromatic carbocycles. The van der Waals surface area contributed by atoms with E-state index in [1.165, 1.54) is 44.6 Å². The molecule has 0 bridgehead atoms. The SMILES string of the molecule is CC/C=C\C/C=C\C/C=C\C/C=C\C/C=C\CCCCCCCCCC(=O)NC(CS(=O)(=O)O)C(O)/C=C/CC/C=C/CCCCC. The van der Waals surface area contributed by atoms with Gasteiger partial charge >= 0.3 is 0 Å². The molecule has 0 rings (SSSR count). The molecule has 0 aliphatic carbocycles. The van der Waals surface area contributed by atoms with E-state index in [2.05, 4.69) is 92.1 Å². The van der Waals surface area contributed by atoms with E-state index in [0.717, 1.165) is 70.6 Å². The smallest absolute Gasteiger partial charge is 0.267 e. The number of nitrogens with one attached hydrogen (secondary N) is 1. The van der Waals surface area contributed by atoms with Gasteiger partial charge in [-0.05, 0) is 77.0 Å². The van der Waals surface area contributed by atoms with Crippen molar-refractivity contribution in [2.45, 2.75) is 154 Å². The Balaban J connectivity index is 3.97. The van der Waals surface area contributed by atoms with Crippen LogP contribution in [0.1, 0.15) is 142 Å². The van der Waals surface area contributed by atoms with Gasteiger partial charge in [-0.25, -0.2) is 0 Å². The summed E-state index contributed by atoms with van der Waals surface area (Å²) in [5.74, 6) is -1.03. The van der Waals surface area contributed by atoms with Gasteiger partial charge in [-0.15, -0.1) is 0 Å². The quantitative estimate of drug-likeness (QED) is 0.0386. The van der Waals surface area contributed by atoms with Gasteiger partial charge in [-0.1, -0.05) is 144 Å². The van der Waals surface area contributed by atoms with Crippen LogP contribution >= 0.6 is 0 Å². The third-order valence-electron chi connectivity index (χ3n) is 7.56. The van der Waals surface area contributed by atoms with Crippen LogP contribution < -0.4 is 5.32 Å². The van der Waals surface area contributed by atoms with Crippen molar-refractivity contribution in [2.75, 3.05) is 5.75 Å². The average Bonchev–Trinajstić information content (AvgIpc) is 3.03. The first-order valence-electron chi connectivity index (χ1n) is 18.3. The maximum atomic E-state index is 12.4. The summed E-state index contributed by atoms with van der Waals surface area (Å²) in [5, 5.41) is 13.1. The number of amides is 1. The number of allylic oxidation sites excluding steroid dienone is 13. The topological polar surface area (TPSA) is 104 Å². The van der Waals surface area contributed by atoms with Crippen LogP contribution in [-0.4, -0.2) is 41.9 Å². The molecule has 0 saturated heterocycles. The van der Waals surface area contributed by atoms with Crippen molar-refractivity contribution in [3.63, 3.8) is 0 Å². The van der Waals surface area contributed by atoms with Gasteiger partial charge in [0.1, 0.15) is 0 Å². The Labute approximate surface area is 288 Å². The highest BCUT2D eigenvalue weighted by Gasteiger charge is 2.24. The molecule has 6 nitrogen and oxygen atoms in total. The van der Waals surface area contributed by atoms with Crippen LogP contribution in [0.2, 0.25) is 0 Å². The molecule has 3 N–H and O–H groups in total. The zero-order valence-electron chi connectivity index (χ0n) is 29.6. The minimum absolute atomic E-state index is 0.269. The Morgan fingerprint density at radius 3 is 1.60 bits per heavy atom. The molecular weight excluding hydrogens is 607 g/mol. The molecule has 0 saturated carbocycles. The van der Waals surface area contributed by atoms with Crippen LogP contribution in [0.4, 0.5) is 0 Å². The minimum atomic E-state index is -4.35. The predicted octanol–water partition coefficient (Wildman–Crippen LogP) is 10.5. The molecule has 1 amide bonds. The molecule has 47 heavy (non-hydrogen) atoms. The summed E-state index contributed by atoms with van der Waals surface area (Å²) in [6.45, 7) is 4.33. The molecule has 0 radical (unpaired) electrons. The van der Waals surface area contributed by atoms with E-state index in [1.807, 2.05) is 0 Å². The van der Waals surface area contributed by atoms with Gasteiger partial charge in [0.2, 0.25) is 5.91 Å². The fourth-order valence-electron chi connectivity index (χ4n) is 4.84. The molecule has 7 heteroatoms. The van der Waals surface area contributed by atoms with Gasteiger partial charge in [0.25, 0.3) is 10.1 Å². The van der Waals surface area contributed by atoms with E-state index in [0.29, 0.717) is 12.8 Å². The lowest BCUT2D eigenvalue weighted by Crippen LogP contribution is -2.46. The molecule has 2 unspecified atom stereocenters. The van der Waals surface area contributed by atoms with Crippen molar-refractivity contribution in [1.82, 2.24) is 5.32 Å². The van der Waals surface area contributed by atoms with E-state index in [4.69, 9.17) is 0 Å². The van der Waals surface area contributed by atoms with Gasteiger partial charge in [0.05, 0.1) is 17.9 Å². The van der Waals surface area contributed by atoms with Crippen LogP contribution in [0.25, 0.3) is 0 Å². The van der Waals surface area contributed by atoms with E-state index < -0.39 is 28.0 Å². The third kappa shape index (κ3) is 34.7. The zero-order valence-corrected chi connectivity index (χ0v) is 30.4. The maximum Gasteiger partial charge on any atom is 0.267 e. The van der Waals surface area contributed by atoms with Crippen molar-refractivity contribution >= 4 is 16.0 Å². The molecule has 2 atom stereocenters. The van der Waals surface area contributed by atoms with Gasteiger partial charge in [0.15, 0.2) is 0 Å². The number of carbonyl (C=O) groups excluding carboxylic acids is 1. The Hall–Kier alpha value is -2.48. The first kappa shape index (κ1) is 44.5. The number of unbranched alkanes of at least 4 members (excludes halogenated alkanes) is 11. The lowest BCUT2D eigenvalue weighted by atomic mass is 10.1. The first-order chi connectivity index (χ1) is 22.8. The lowest BCUT2D eigenvalue weighted by Gasteiger charge is -2.21. The van der Waals surface area contributed by atoms with Crippen LogP contribution in [0.15, 0.2) is 85.1 Å². The Kier molecular flexibility index (Phi) is 31.7. The van der Waals surface area contributed by atoms with Crippen LogP contribution in [-0.2, 0) is 14.9 Å². The van der Waals surface area contributed by atoms with Crippen molar-refractivity contribution in [3.8, 4) is 0 Å². The number of carbonyl (C=O) groups is 1. The largest absolute Gasteiger partial charge is 0.387 e. The fraction of sp³-hybridized carbons (Fsp3) is 0.625. The molecule has 268 valence electrons. The molecule has 0 aromatic heterocycles. The second-order valence-electron chi connectivity index (χ2n) is 12.1. The monoisotopic (exact) mass is 673 g/mol. The second-order valence-corrected chi connectivity index (χ2v) is 13.6. The highest BCUT2D eigenvalue weighted by Crippen LogP contribution is 2.11. The van der Waals surface area contributed by atoms with Crippen molar-refractivity contribution in [2.24, 2.45) is 0 Å². The summed E-state index contributed by atoms with van der Waals surface area (Å²) < 4.78 is 32.2. The first-order valence-corrected chi connectivity index (χ1v) is 19.9. The summed E-state index contributed by atoms with van der Waals surface area (Å²) >= 11 is 0. The predicted molar refractivity (Wildman–Crippen MR) is 202 cm³/mol. The molecule has 0 heterocycles. The Morgan fingerprint density at radius 1 is 0.596 bits per heavy atom. The number of aliphatic hydroxyl groups excluding tert-OH is 1. The molecule has 0 spiro atoms. The Bertz CT molecular complexity index is 1050. The van der Waals surface area contributed by atoms with Crippen LogP contribution in [0.3, 0.4) is 0 Å². The van der Waals surface area contributed by atoms with E-state index in [1.54, 1.807) is 6.08 Å². The molecular formula is C40H67NO5S. The number of rotatable bonds is 31. The van der Waals surface area contributed by atoms with Gasteiger partial charge in [-0.2, -0.15) is 8.42 Å². The Morgan fingerprint density at radius 2 is 1.04 bits per heavy atom. The summed E-state index contributed by atoms with van der Waals surface area (Å²) in [4.78, 5) is 12.4. The second kappa shape index (κ2) is 33.4. The standard InChI is InChI=1S/C40H67NO5S/c1-3-5-7-9-11-13-14-15-16-17-18-19-20-21-22-23-24-25-26-28-30-32-34-36-40(43)41-38(37-47(44,45)46)39(42)35-33-31-29-27-12-10-8-6-4-2/h5,7,11-13,15-16,18-19,21-22,27,33,35,38-39,42H,3-4,6,8-10,14,17,20,23-26,28-32,34,36-37H2,1-2H3,(H,41,43)(H,44,45,46)/b7-5-,13-11-,16-15-,19-18-,22-21-,27-12+,35-33+. The molecule has 0 aliphatic heterocycles. The van der Waals surface area contributed by atoms with Crippen LogP contribution in [0.5, 0.6) is 0 Å². The number of aliphatic hydroxyl groups is 1. The van der Waals surface area contributed by atoms with Gasteiger partial charge in [0, 0.05) is 6.42 Å². The highest BCUT2D eigenvalue weighted by molar-refractivity contribution is 7.85. The molecule has 0 fully saturated rings. The lowest BCUT2D eigenvalue weighted by molar-refractivity contribution is -0.122. The minimum Gasteiger partial charge on any atom is -0.387 e. The van der Waals surface area contributed by atoms with Crippen LogP contribution in [0, 0.1) is 0 Å². The number of hydrogen-bond acceptors (Lipinski definition) is 4. The van der Waals surface area contributed by atoms with E-state index in [9.17, 15) is 22.9 Å². The zero-order chi connectivity index (χ0) is 34.7. The summed E-state index contributed by atoms with van der Waals surface area (Å²) in [6, 6.07) is -1.08. The number of hydrogen-bond donors (Lipinski definition) is 3. The fourth-order valence-corrected chi connectivity index (χ4v) is 5.58. The average molecular weight is 674 g/mol.